The number of amides is 1. The van der Waals surface area contributed by atoms with Crippen molar-refractivity contribution in [2.24, 2.45) is 0 Å². The van der Waals surface area contributed by atoms with Crippen molar-refractivity contribution in [2.75, 3.05) is 5.32 Å². The van der Waals surface area contributed by atoms with Gasteiger partial charge in [0.05, 0.1) is 0 Å². The lowest BCUT2D eigenvalue weighted by Gasteiger charge is -2.05. The molecule has 1 N–H and O–H groups in total. The quantitative estimate of drug-likeness (QED) is 0.933. The zero-order valence-corrected chi connectivity index (χ0v) is 11.3. The fraction of sp³-hybridized carbons (Fsp3) is 0.214. The van der Waals surface area contributed by atoms with Crippen molar-refractivity contribution < 1.29 is 4.79 Å². The van der Waals surface area contributed by atoms with Gasteiger partial charge in [0.2, 0.25) is 5.91 Å². The zero-order valence-electron chi connectivity index (χ0n) is 10.6. The van der Waals surface area contributed by atoms with E-state index in [2.05, 4.69) is 21.4 Å². The molecule has 0 saturated heterocycles. The molecule has 2 aromatic rings. The van der Waals surface area contributed by atoms with Crippen molar-refractivity contribution in [1.29, 1.82) is 0 Å². The summed E-state index contributed by atoms with van der Waals surface area (Å²) in [5.74, 6) is 0.183. The van der Waals surface area contributed by atoms with E-state index < -0.39 is 0 Å². The lowest BCUT2D eigenvalue weighted by molar-refractivity contribution is -0.116. The minimum Gasteiger partial charge on any atom is -0.308 e. The third-order valence-electron chi connectivity index (χ3n) is 2.63. The van der Waals surface area contributed by atoms with Gasteiger partial charge in [-0.05, 0) is 18.9 Å². The van der Waals surface area contributed by atoms with Gasteiger partial charge in [-0.15, -0.1) is 0 Å². The average Bonchev–Trinajstić information content (AvgIpc) is 2.39. The van der Waals surface area contributed by atoms with Crippen molar-refractivity contribution in [3.05, 3.63) is 52.9 Å². The van der Waals surface area contributed by atoms with Crippen LogP contribution in [0.4, 0.5) is 5.82 Å². The van der Waals surface area contributed by atoms with Crippen LogP contribution in [0.5, 0.6) is 0 Å². The highest BCUT2D eigenvalue weighted by atomic mass is 35.5. The zero-order chi connectivity index (χ0) is 13.7. The molecule has 0 aliphatic rings. The number of carbonyl (C=O) groups excluding carboxylic acids is 1. The molecule has 5 heteroatoms. The van der Waals surface area contributed by atoms with Crippen LogP contribution in [0.1, 0.15) is 17.5 Å². The Labute approximate surface area is 116 Å². The molecule has 2 rings (SSSR count). The van der Waals surface area contributed by atoms with E-state index in [1.807, 2.05) is 25.1 Å². The second kappa shape index (κ2) is 6.29. The summed E-state index contributed by atoms with van der Waals surface area (Å²) in [7, 11) is 0. The summed E-state index contributed by atoms with van der Waals surface area (Å²) in [6.45, 7) is 2.03. The van der Waals surface area contributed by atoms with E-state index in [-0.39, 0.29) is 11.1 Å². The molecule has 0 aliphatic carbocycles. The van der Waals surface area contributed by atoms with E-state index in [0.717, 1.165) is 5.56 Å². The molecule has 0 atom stereocenters. The van der Waals surface area contributed by atoms with Crippen LogP contribution in [0.3, 0.4) is 0 Å². The maximum absolute atomic E-state index is 11.8. The standard InChI is InChI=1S/C14H14ClN3O/c1-10-3-2-4-11(9-10)5-6-12(19)18-14-13(15)16-7-8-17-14/h2-4,7-9H,5-6H2,1H3,(H,17,18,19). The molecule has 0 saturated carbocycles. The van der Waals surface area contributed by atoms with E-state index in [1.54, 1.807) is 0 Å². The summed E-state index contributed by atoms with van der Waals surface area (Å²) < 4.78 is 0. The Kier molecular flexibility index (Phi) is 4.47. The summed E-state index contributed by atoms with van der Waals surface area (Å²) >= 11 is 5.82. The van der Waals surface area contributed by atoms with Crippen LogP contribution in [-0.2, 0) is 11.2 Å². The summed E-state index contributed by atoms with van der Waals surface area (Å²) in [6, 6.07) is 8.10. The largest absolute Gasteiger partial charge is 0.308 e. The molecule has 98 valence electrons. The van der Waals surface area contributed by atoms with Crippen LogP contribution in [0.2, 0.25) is 5.15 Å². The van der Waals surface area contributed by atoms with Gasteiger partial charge in [0.1, 0.15) is 0 Å². The van der Waals surface area contributed by atoms with Crippen molar-refractivity contribution in [1.82, 2.24) is 9.97 Å². The molecule has 4 nitrogen and oxygen atoms in total. The Balaban J connectivity index is 1.90. The second-order valence-electron chi connectivity index (χ2n) is 4.23. The van der Waals surface area contributed by atoms with Crippen LogP contribution in [0.15, 0.2) is 36.7 Å². The topological polar surface area (TPSA) is 54.9 Å². The molecule has 0 unspecified atom stereocenters. The molecule has 0 aliphatic heterocycles. The van der Waals surface area contributed by atoms with E-state index in [0.29, 0.717) is 18.7 Å². The molecule has 19 heavy (non-hydrogen) atoms. The Morgan fingerprint density at radius 3 is 2.84 bits per heavy atom. The highest BCUT2D eigenvalue weighted by molar-refractivity contribution is 6.32. The molecule has 0 spiro atoms. The molecule has 0 fully saturated rings. The van der Waals surface area contributed by atoms with Gasteiger partial charge in [0.15, 0.2) is 11.0 Å². The van der Waals surface area contributed by atoms with Gasteiger partial charge in [-0.2, -0.15) is 0 Å². The van der Waals surface area contributed by atoms with Crippen LogP contribution < -0.4 is 5.32 Å². The normalized spacial score (nSPS) is 10.2. The number of nitrogens with zero attached hydrogens (tertiary/aromatic N) is 2. The van der Waals surface area contributed by atoms with Crippen molar-refractivity contribution >= 4 is 23.3 Å². The fourth-order valence-electron chi connectivity index (χ4n) is 1.72. The minimum atomic E-state index is -0.121. The van der Waals surface area contributed by atoms with Crippen LogP contribution >= 0.6 is 11.6 Å². The number of aromatic nitrogens is 2. The van der Waals surface area contributed by atoms with Gasteiger partial charge < -0.3 is 5.32 Å². The van der Waals surface area contributed by atoms with Crippen LogP contribution in [0, 0.1) is 6.92 Å². The van der Waals surface area contributed by atoms with E-state index >= 15 is 0 Å². The molecular weight excluding hydrogens is 262 g/mol. The Morgan fingerprint density at radius 2 is 2.11 bits per heavy atom. The average molecular weight is 276 g/mol. The molecule has 1 heterocycles. The molecule has 1 aromatic heterocycles. The van der Waals surface area contributed by atoms with Gasteiger partial charge in [-0.1, -0.05) is 41.4 Å². The maximum Gasteiger partial charge on any atom is 0.225 e. The highest BCUT2D eigenvalue weighted by Gasteiger charge is 2.07. The Hall–Kier alpha value is -1.94. The smallest absolute Gasteiger partial charge is 0.225 e. The summed E-state index contributed by atoms with van der Waals surface area (Å²) in [6.07, 6.45) is 4.04. The predicted octanol–water partition coefficient (Wildman–Crippen LogP) is 3.01. The van der Waals surface area contributed by atoms with Crippen molar-refractivity contribution in [3.63, 3.8) is 0 Å². The number of benzene rings is 1. The second-order valence-corrected chi connectivity index (χ2v) is 4.59. The highest BCUT2D eigenvalue weighted by Crippen LogP contribution is 2.14. The lowest BCUT2D eigenvalue weighted by Crippen LogP contribution is -2.14. The summed E-state index contributed by atoms with van der Waals surface area (Å²) in [4.78, 5) is 19.6. The van der Waals surface area contributed by atoms with Gasteiger partial charge in [0, 0.05) is 18.8 Å². The van der Waals surface area contributed by atoms with Crippen LogP contribution in [-0.4, -0.2) is 15.9 Å². The predicted molar refractivity (Wildman–Crippen MR) is 75.2 cm³/mol. The molecule has 1 aromatic carbocycles. The number of anilines is 1. The van der Waals surface area contributed by atoms with Crippen molar-refractivity contribution in [2.45, 2.75) is 19.8 Å². The van der Waals surface area contributed by atoms with Crippen molar-refractivity contribution in [3.8, 4) is 0 Å². The monoisotopic (exact) mass is 275 g/mol. The van der Waals surface area contributed by atoms with Gasteiger partial charge in [-0.3, -0.25) is 4.79 Å². The molecule has 1 amide bonds. The Morgan fingerprint density at radius 1 is 1.32 bits per heavy atom. The SMILES string of the molecule is Cc1cccc(CCC(=O)Nc2nccnc2Cl)c1. The number of aryl methyl sites for hydroxylation is 2. The number of carbonyl (C=O) groups is 1. The molecular formula is C14H14ClN3O. The number of hydrogen-bond donors (Lipinski definition) is 1. The third-order valence-corrected chi connectivity index (χ3v) is 2.91. The molecule has 0 bridgehead atoms. The van der Waals surface area contributed by atoms with Gasteiger partial charge in [0.25, 0.3) is 0 Å². The van der Waals surface area contributed by atoms with Gasteiger partial charge in [-0.25, -0.2) is 9.97 Å². The third kappa shape index (κ3) is 4.03. The van der Waals surface area contributed by atoms with Gasteiger partial charge >= 0.3 is 0 Å². The fourth-order valence-corrected chi connectivity index (χ4v) is 1.88. The minimum absolute atomic E-state index is 0.121. The number of hydrogen-bond acceptors (Lipinski definition) is 3. The summed E-state index contributed by atoms with van der Waals surface area (Å²) in [5, 5.41) is 2.85. The number of nitrogens with one attached hydrogen (secondary N) is 1. The first kappa shape index (κ1) is 13.5. The van der Waals surface area contributed by atoms with E-state index in [1.165, 1.54) is 18.0 Å². The number of rotatable bonds is 4. The number of halogens is 1. The maximum atomic E-state index is 11.8. The Bertz CT molecular complexity index is 586. The summed E-state index contributed by atoms with van der Waals surface area (Å²) in [5.41, 5.74) is 2.33. The first-order valence-corrected chi connectivity index (χ1v) is 6.35. The van der Waals surface area contributed by atoms with E-state index in [4.69, 9.17) is 11.6 Å². The first-order valence-electron chi connectivity index (χ1n) is 5.97. The first-order chi connectivity index (χ1) is 9.15. The lowest BCUT2D eigenvalue weighted by atomic mass is 10.1. The molecule has 0 radical (unpaired) electrons. The van der Waals surface area contributed by atoms with E-state index in [9.17, 15) is 4.79 Å². The van der Waals surface area contributed by atoms with Crippen LogP contribution in [0.25, 0.3) is 0 Å².